The van der Waals surface area contributed by atoms with Crippen molar-refractivity contribution in [2.75, 3.05) is 38.3 Å². The van der Waals surface area contributed by atoms with Crippen molar-refractivity contribution >= 4 is 17.7 Å². The van der Waals surface area contributed by atoms with E-state index in [0.29, 0.717) is 13.2 Å². The summed E-state index contributed by atoms with van der Waals surface area (Å²) in [6.07, 6.45) is 3.13. The SMILES string of the molecule is CN=CCC(=O)c1nn(-c2ccccc2N2CCOCC2)ccc1=O. The Morgan fingerprint density at radius 2 is 1.96 bits per heavy atom. The van der Waals surface area contributed by atoms with Crippen LogP contribution in [0.2, 0.25) is 0 Å². The average molecular weight is 340 g/mol. The lowest BCUT2D eigenvalue weighted by atomic mass is 10.2. The van der Waals surface area contributed by atoms with Crippen LogP contribution in [0, 0.1) is 0 Å². The third kappa shape index (κ3) is 3.83. The van der Waals surface area contributed by atoms with Gasteiger partial charge in [0.05, 0.1) is 24.6 Å². The highest BCUT2D eigenvalue weighted by atomic mass is 16.5. The summed E-state index contributed by atoms with van der Waals surface area (Å²) < 4.78 is 6.99. The average Bonchev–Trinajstić information content (AvgIpc) is 2.67. The van der Waals surface area contributed by atoms with Gasteiger partial charge in [0.25, 0.3) is 0 Å². The Hall–Kier alpha value is -2.80. The fourth-order valence-electron chi connectivity index (χ4n) is 2.74. The molecule has 0 bridgehead atoms. The predicted molar refractivity (Wildman–Crippen MR) is 96.2 cm³/mol. The molecule has 2 heterocycles. The fraction of sp³-hybridized carbons (Fsp3) is 0.333. The topological polar surface area (TPSA) is 76.8 Å². The van der Waals surface area contributed by atoms with E-state index < -0.39 is 0 Å². The summed E-state index contributed by atoms with van der Waals surface area (Å²) in [6, 6.07) is 9.17. The first-order chi connectivity index (χ1) is 12.2. The van der Waals surface area contributed by atoms with Crippen LogP contribution < -0.4 is 10.3 Å². The van der Waals surface area contributed by atoms with Crippen LogP contribution in [0.15, 0.2) is 46.3 Å². The number of ether oxygens (including phenoxy) is 1. The first kappa shape index (κ1) is 17.0. The number of carbonyl (C=O) groups excluding carboxylic acids is 1. The maximum absolute atomic E-state index is 12.2. The number of nitrogens with zero attached hydrogens (tertiary/aromatic N) is 4. The van der Waals surface area contributed by atoms with E-state index in [9.17, 15) is 9.59 Å². The van der Waals surface area contributed by atoms with Gasteiger partial charge in [0.1, 0.15) is 0 Å². The van der Waals surface area contributed by atoms with Crippen LogP contribution in [0.4, 0.5) is 5.69 Å². The maximum atomic E-state index is 12.2. The van der Waals surface area contributed by atoms with Crippen LogP contribution in [0.25, 0.3) is 5.69 Å². The highest BCUT2D eigenvalue weighted by molar-refractivity contribution is 6.02. The van der Waals surface area contributed by atoms with Crippen molar-refractivity contribution in [1.82, 2.24) is 9.78 Å². The molecule has 3 rings (SSSR count). The van der Waals surface area contributed by atoms with Gasteiger partial charge in [-0.15, -0.1) is 0 Å². The number of carbonyl (C=O) groups is 1. The first-order valence-corrected chi connectivity index (χ1v) is 8.16. The monoisotopic (exact) mass is 340 g/mol. The quantitative estimate of drug-likeness (QED) is 0.606. The number of hydrogen-bond acceptors (Lipinski definition) is 6. The molecule has 1 aliphatic heterocycles. The highest BCUT2D eigenvalue weighted by Crippen LogP contribution is 2.24. The van der Waals surface area contributed by atoms with Crippen molar-refractivity contribution in [2.24, 2.45) is 4.99 Å². The number of Topliss-reactive ketones (excluding diaryl/α,β-unsaturated/α-hetero) is 1. The van der Waals surface area contributed by atoms with Gasteiger partial charge in [0.15, 0.2) is 11.5 Å². The number of aromatic nitrogens is 2. The van der Waals surface area contributed by atoms with E-state index in [-0.39, 0.29) is 23.3 Å². The van der Waals surface area contributed by atoms with Crippen LogP contribution >= 0.6 is 0 Å². The van der Waals surface area contributed by atoms with Crippen LogP contribution in [0.5, 0.6) is 0 Å². The normalized spacial score (nSPS) is 14.8. The molecule has 0 N–H and O–H groups in total. The minimum atomic E-state index is -0.380. The lowest BCUT2D eigenvalue weighted by Crippen LogP contribution is -2.37. The Bertz CT molecular complexity index is 838. The van der Waals surface area contributed by atoms with E-state index in [1.54, 1.807) is 17.9 Å². The van der Waals surface area contributed by atoms with Gasteiger partial charge in [-0.3, -0.25) is 9.59 Å². The molecule has 7 heteroatoms. The van der Waals surface area contributed by atoms with Gasteiger partial charge < -0.3 is 14.6 Å². The van der Waals surface area contributed by atoms with E-state index in [0.717, 1.165) is 24.5 Å². The molecule has 1 fully saturated rings. The minimum Gasteiger partial charge on any atom is -0.378 e. The van der Waals surface area contributed by atoms with Crippen molar-refractivity contribution in [1.29, 1.82) is 0 Å². The Labute approximate surface area is 145 Å². The zero-order chi connectivity index (χ0) is 17.6. The first-order valence-electron chi connectivity index (χ1n) is 8.16. The van der Waals surface area contributed by atoms with E-state index in [4.69, 9.17) is 4.74 Å². The van der Waals surface area contributed by atoms with Gasteiger partial charge in [-0.25, -0.2) is 4.68 Å². The molecule has 1 aromatic carbocycles. The van der Waals surface area contributed by atoms with Crippen molar-refractivity contribution in [3.05, 3.63) is 52.4 Å². The Morgan fingerprint density at radius 3 is 2.68 bits per heavy atom. The molecule has 0 atom stereocenters. The van der Waals surface area contributed by atoms with Gasteiger partial charge in [0.2, 0.25) is 5.43 Å². The zero-order valence-corrected chi connectivity index (χ0v) is 14.1. The number of anilines is 1. The van der Waals surface area contributed by atoms with Gasteiger partial charge in [-0.2, -0.15) is 5.10 Å². The smallest absolute Gasteiger partial charge is 0.211 e. The Balaban J connectivity index is 2.00. The summed E-state index contributed by atoms with van der Waals surface area (Å²) in [7, 11) is 1.59. The van der Waals surface area contributed by atoms with Gasteiger partial charge in [-0.1, -0.05) is 12.1 Å². The largest absolute Gasteiger partial charge is 0.378 e. The molecule has 0 unspecified atom stereocenters. The second kappa shape index (κ2) is 7.85. The number of para-hydroxylation sites is 2. The van der Waals surface area contributed by atoms with Crippen LogP contribution in [-0.2, 0) is 4.74 Å². The standard InChI is InChI=1S/C18H20N4O3/c1-19-8-6-16(23)18-17(24)7-9-22(20-18)15-5-3-2-4-14(15)21-10-12-25-13-11-21/h2-5,7-9H,6,10-13H2,1H3. The molecule has 0 amide bonds. The van der Waals surface area contributed by atoms with Crippen molar-refractivity contribution in [2.45, 2.75) is 6.42 Å². The molecule has 7 nitrogen and oxygen atoms in total. The van der Waals surface area contributed by atoms with E-state index in [2.05, 4.69) is 15.0 Å². The molecule has 2 aromatic rings. The third-order valence-corrected chi connectivity index (χ3v) is 4.01. The number of benzene rings is 1. The summed E-state index contributed by atoms with van der Waals surface area (Å²) in [6.45, 7) is 2.92. The number of hydrogen-bond donors (Lipinski definition) is 0. The molecule has 0 saturated carbocycles. The van der Waals surface area contributed by atoms with E-state index in [1.807, 2.05) is 24.3 Å². The number of morpholine rings is 1. The lowest BCUT2D eigenvalue weighted by Gasteiger charge is -2.30. The summed E-state index contributed by atoms with van der Waals surface area (Å²) in [5.74, 6) is -0.339. The van der Waals surface area contributed by atoms with Crippen LogP contribution in [0.3, 0.4) is 0 Å². The number of ketones is 1. The molecule has 0 aliphatic carbocycles. The zero-order valence-electron chi connectivity index (χ0n) is 14.1. The van der Waals surface area contributed by atoms with Gasteiger partial charge >= 0.3 is 0 Å². The molecular formula is C18H20N4O3. The number of aliphatic imine (C=N–C) groups is 1. The predicted octanol–water partition coefficient (Wildman–Crippen LogP) is 1.34. The second-order valence-corrected chi connectivity index (χ2v) is 5.63. The third-order valence-electron chi connectivity index (χ3n) is 4.01. The minimum absolute atomic E-state index is 0.0634. The van der Waals surface area contributed by atoms with Crippen LogP contribution in [0.1, 0.15) is 16.9 Å². The Morgan fingerprint density at radius 1 is 1.24 bits per heavy atom. The molecular weight excluding hydrogens is 320 g/mol. The molecule has 1 saturated heterocycles. The number of rotatable bonds is 5. The fourth-order valence-corrected chi connectivity index (χ4v) is 2.74. The molecule has 1 aromatic heterocycles. The summed E-state index contributed by atoms with van der Waals surface area (Å²) in [5.41, 5.74) is 1.37. The molecule has 0 radical (unpaired) electrons. The molecule has 1 aliphatic rings. The second-order valence-electron chi connectivity index (χ2n) is 5.63. The van der Waals surface area contributed by atoms with E-state index >= 15 is 0 Å². The lowest BCUT2D eigenvalue weighted by molar-refractivity contribution is 0.0994. The maximum Gasteiger partial charge on any atom is 0.211 e. The van der Waals surface area contributed by atoms with E-state index in [1.165, 1.54) is 12.3 Å². The highest BCUT2D eigenvalue weighted by Gasteiger charge is 2.17. The Kier molecular flexibility index (Phi) is 5.35. The molecule has 130 valence electrons. The summed E-state index contributed by atoms with van der Waals surface area (Å²) in [5, 5.41) is 4.29. The van der Waals surface area contributed by atoms with Crippen molar-refractivity contribution < 1.29 is 9.53 Å². The van der Waals surface area contributed by atoms with Gasteiger partial charge in [-0.05, 0) is 12.1 Å². The summed E-state index contributed by atoms with van der Waals surface area (Å²) in [4.78, 5) is 30.2. The summed E-state index contributed by atoms with van der Waals surface area (Å²) >= 11 is 0. The molecule has 25 heavy (non-hydrogen) atoms. The van der Waals surface area contributed by atoms with Gasteiger partial charge in [0, 0.05) is 45.0 Å². The van der Waals surface area contributed by atoms with Crippen molar-refractivity contribution in [3.63, 3.8) is 0 Å². The molecule has 0 spiro atoms. The van der Waals surface area contributed by atoms with Crippen LogP contribution in [-0.4, -0.2) is 55.1 Å². The van der Waals surface area contributed by atoms with Crippen molar-refractivity contribution in [3.8, 4) is 5.69 Å².